The van der Waals surface area contributed by atoms with Crippen molar-refractivity contribution < 1.29 is 173 Å². The van der Waals surface area contributed by atoms with Gasteiger partial charge >= 0.3 is 28.4 Å². The lowest BCUT2D eigenvalue weighted by Gasteiger charge is -2.36. The molecule has 826 valence electrons. The number of aromatic nitrogens is 14. The van der Waals surface area contributed by atoms with Crippen LogP contribution in [0, 0.1) is 34.6 Å². The molecular weight excluding hydrogens is 2130 g/mol. The van der Waals surface area contributed by atoms with Gasteiger partial charge in [0.15, 0.2) is 55.3 Å². The third kappa shape index (κ3) is 28.5. The number of nitrogens with two attached hydrogens (primary N) is 4. The molecule has 6 saturated heterocycles. The fraction of sp³-hybridized carbons (Fsp3) is 0.679. The van der Waals surface area contributed by atoms with Crippen LogP contribution in [0.5, 0.6) is 0 Å². The first-order valence-corrected chi connectivity index (χ1v) is 54.5. The van der Waals surface area contributed by atoms with Gasteiger partial charge in [-0.15, -0.1) is 0 Å². The Morgan fingerprint density at radius 3 is 1.06 bits per heavy atom. The average Bonchev–Trinajstić information content (AvgIpc) is 1.64. The highest BCUT2D eigenvalue weighted by Crippen LogP contribution is 2.56. The minimum Gasteiger partial charge on any atom is -0.780 e. The first-order chi connectivity index (χ1) is 70.1. The monoisotopic (exact) mass is 2240 g/mol. The van der Waals surface area contributed by atoms with Crippen molar-refractivity contribution in [2.45, 2.75) is 189 Å². The quantitative estimate of drug-likeness (QED) is 0.0100. The third-order valence-electron chi connectivity index (χ3n) is 23.6. The van der Waals surface area contributed by atoms with Crippen LogP contribution in [0.1, 0.15) is 72.1 Å². The van der Waals surface area contributed by atoms with Crippen molar-refractivity contribution in [2.75, 3.05) is 178 Å². The second-order valence-electron chi connectivity index (χ2n) is 33.8. The molecule has 12 N–H and O–H groups in total. The van der Waals surface area contributed by atoms with Crippen LogP contribution in [0.2, 0.25) is 0 Å². The van der Waals surface area contributed by atoms with Crippen LogP contribution in [-0.4, -0.2) is 337 Å². The van der Waals surface area contributed by atoms with E-state index >= 15 is 23.8 Å². The molecular formula is C78H112N18O45P5S2-5. The second kappa shape index (κ2) is 51.0. The fourth-order valence-electron chi connectivity index (χ4n) is 16.4. The largest absolute Gasteiger partial charge is 0.780 e. The van der Waals surface area contributed by atoms with E-state index in [4.69, 9.17) is 177 Å². The first kappa shape index (κ1) is 117. The number of nitrogen functional groups attached to an aromatic ring is 4. The zero-order valence-corrected chi connectivity index (χ0v) is 87.1. The molecule has 7 aromatic rings. The number of fused-ring (bicyclic) bond motifs is 1. The summed E-state index contributed by atoms with van der Waals surface area (Å²) in [7, 11) is -10.5. The van der Waals surface area contributed by atoms with Crippen LogP contribution in [0.25, 0.3) is 11.2 Å². The van der Waals surface area contributed by atoms with Crippen molar-refractivity contribution in [3.8, 4) is 0 Å². The Hall–Kier alpha value is -7.85. The number of aryl methyl sites for hydroxylation is 5. The SMILES string of the molecule is COCCOC1[C@@H](O)[C@@H](COP(=O)([S-])O[C@@H]2C(OCCOC)[C@H](n3cc(C)c(=O)[nH]c3=O)O[C@@H]2COP([O-])(=S)O[C@@H]2C(OCCOC)[C@H](n3cc(C)c(N)nc3=O)O[C@@H]2COP(=O)([O-])O[C@@H]2C(OCCOC)[C@H](n3cc(C)c(N)nc3=O)O[C@@H]2COP(=O)([O-])O[C@@H]2C(OCCOC)[C@H](n3cc(C)c(N)nc3=O)O[C@@H]2COP(=O)([O-])O[C@@H]2C(OCCOC)[C@H](n3cnc4c(=O)[nH]c(N)nc43)O[C@@H]2C)O[C@H]1n1cc(C)c(=O)[nH]c1=O. The van der Waals surface area contributed by atoms with E-state index in [9.17, 15) is 57.5 Å². The molecule has 11 unspecified atom stereocenters. The number of aliphatic hydroxyl groups is 1. The molecule has 0 amide bonds. The summed E-state index contributed by atoms with van der Waals surface area (Å²) in [5.74, 6) is -1.15. The van der Waals surface area contributed by atoms with Crippen LogP contribution < -0.4 is 87.6 Å². The van der Waals surface area contributed by atoms with Crippen LogP contribution >= 0.6 is 37.0 Å². The molecule has 148 heavy (non-hydrogen) atoms. The average molecular weight is 2240 g/mol. The normalized spacial score (nSPS) is 29.3. The zero-order chi connectivity index (χ0) is 108. The van der Waals surface area contributed by atoms with E-state index in [0.29, 0.717) is 0 Å². The maximum Gasteiger partial charge on any atom is 0.351 e. The number of hydrogen-bond acceptors (Lipinski definition) is 56. The highest BCUT2D eigenvalue weighted by molar-refractivity contribution is 8.32. The lowest BCUT2D eigenvalue weighted by Crippen LogP contribution is -2.43. The summed E-state index contributed by atoms with van der Waals surface area (Å²) in [5.41, 5.74) is 16.3. The second-order valence-corrected chi connectivity index (χ2v) is 43.3. The van der Waals surface area contributed by atoms with Crippen molar-refractivity contribution in [2.24, 2.45) is 0 Å². The van der Waals surface area contributed by atoms with Gasteiger partial charge in [-0.1, -0.05) is 11.8 Å². The van der Waals surface area contributed by atoms with Gasteiger partial charge in [0, 0.05) is 101 Å². The summed E-state index contributed by atoms with van der Waals surface area (Å²) in [6, 6.07) is 0. The molecule has 0 saturated carbocycles. The predicted molar refractivity (Wildman–Crippen MR) is 499 cm³/mol. The Bertz CT molecular complexity index is 6520. The lowest BCUT2D eigenvalue weighted by molar-refractivity contribution is -0.241. The molecule has 13 rings (SSSR count). The number of anilines is 4. The van der Waals surface area contributed by atoms with E-state index in [-0.39, 0.29) is 122 Å². The summed E-state index contributed by atoms with van der Waals surface area (Å²) < 4.78 is 229. The Kier molecular flexibility index (Phi) is 40.4. The summed E-state index contributed by atoms with van der Waals surface area (Å²) in [6.07, 6.45) is -36.4. The van der Waals surface area contributed by atoms with Gasteiger partial charge in [-0.2, -0.15) is 19.9 Å². The number of nitrogens with one attached hydrogen (secondary N) is 3. The van der Waals surface area contributed by atoms with Crippen molar-refractivity contribution in [3.05, 3.63) is 149 Å². The molecule has 70 heteroatoms. The Balaban J connectivity index is 0.798. The van der Waals surface area contributed by atoms with E-state index < -0.39 is 282 Å². The van der Waals surface area contributed by atoms with Crippen LogP contribution in [0.4, 0.5) is 23.4 Å². The molecule has 0 spiro atoms. The minimum absolute atomic E-state index is 0.0176. The fourth-order valence-corrected chi connectivity index (χ4v) is 22.1. The van der Waals surface area contributed by atoms with E-state index in [1.54, 1.807) is 0 Å². The molecule has 0 radical (unpaired) electrons. The van der Waals surface area contributed by atoms with Crippen LogP contribution in [0.3, 0.4) is 0 Å². The van der Waals surface area contributed by atoms with Crippen molar-refractivity contribution in [1.29, 1.82) is 0 Å². The number of phosphoric acid groups is 3. The molecule has 6 fully saturated rings. The number of ether oxygens (including phenoxy) is 18. The van der Waals surface area contributed by atoms with Crippen molar-refractivity contribution in [3.63, 3.8) is 0 Å². The number of aromatic amines is 3. The Morgan fingerprint density at radius 2 is 0.682 bits per heavy atom. The molecule has 6 aliphatic rings. The lowest BCUT2D eigenvalue weighted by atomic mass is 10.1. The van der Waals surface area contributed by atoms with Gasteiger partial charge in [-0.3, -0.25) is 75.0 Å². The van der Waals surface area contributed by atoms with Gasteiger partial charge in [0.25, 0.3) is 40.1 Å². The molecule has 0 aromatic carbocycles. The summed E-state index contributed by atoms with van der Waals surface area (Å²) in [5, 5.41) is 11.7. The number of aliphatic hydroxyl groups excluding tert-OH is 1. The highest BCUT2D eigenvalue weighted by Gasteiger charge is 2.57. The number of methoxy groups -OCH3 is 6. The topological polar surface area (TPSA) is 821 Å². The third-order valence-corrected chi connectivity index (χ3v) is 29.6. The van der Waals surface area contributed by atoms with E-state index in [1.165, 1.54) is 88.8 Å². The van der Waals surface area contributed by atoms with Gasteiger partial charge in [0.2, 0.25) is 5.95 Å². The number of imidazole rings is 1. The summed E-state index contributed by atoms with van der Waals surface area (Å²) in [6.45, 7) is -11.5. The van der Waals surface area contributed by atoms with Crippen LogP contribution in [0.15, 0.2) is 75.7 Å². The molecule has 0 aliphatic carbocycles. The molecule has 63 nitrogen and oxygen atoms in total. The zero-order valence-electron chi connectivity index (χ0n) is 81.0. The van der Waals surface area contributed by atoms with Gasteiger partial charge in [-0.05, 0) is 41.5 Å². The van der Waals surface area contributed by atoms with Gasteiger partial charge in [0.1, 0.15) is 128 Å². The van der Waals surface area contributed by atoms with Crippen LogP contribution in [-0.2, 0) is 173 Å². The smallest absolute Gasteiger partial charge is 0.351 e. The van der Waals surface area contributed by atoms with Crippen molar-refractivity contribution in [1.82, 2.24) is 67.3 Å². The van der Waals surface area contributed by atoms with Gasteiger partial charge < -0.3 is 190 Å². The number of H-pyrrole nitrogens is 3. The number of nitrogens with zero attached hydrogens (tertiary/aromatic N) is 11. The van der Waals surface area contributed by atoms with E-state index in [1.807, 2.05) is 0 Å². The molecule has 6 aliphatic heterocycles. The molecule has 7 aromatic heterocycles. The van der Waals surface area contributed by atoms with Gasteiger partial charge in [0.05, 0.1) is 125 Å². The van der Waals surface area contributed by atoms with E-state index in [2.05, 4.69) is 39.9 Å². The molecule has 0 bridgehead atoms. The summed E-state index contributed by atoms with van der Waals surface area (Å²) >= 11 is 11.1. The maximum atomic E-state index is 15.5. The molecule has 13 heterocycles. The number of hydrogen-bond donors (Lipinski definition) is 8. The highest BCUT2D eigenvalue weighted by atomic mass is 32.7. The first-order valence-electron chi connectivity index (χ1n) is 45.0. The minimum atomic E-state index is -6.29. The van der Waals surface area contributed by atoms with E-state index in [0.717, 1.165) is 60.1 Å². The van der Waals surface area contributed by atoms with Gasteiger partial charge in [-0.25, -0.2) is 29.0 Å². The Morgan fingerprint density at radius 1 is 0.378 bits per heavy atom. The Labute approximate surface area is 847 Å². The summed E-state index contributed by atoms with van der Waals surface area (Å²) in [4.78, 5) is 194. The number of phosphoric ester groups is 3. The molecule has 29 atom stereocenters. The predicted octanol–water partition coefficient (Wildman–Crippen LogP) is -5.53. The standard InChI is InChI=1S/C78H117N18O45P5S2/c1-36-25-91(74(101)84-60(36)79)68-56(122-21-15-116-9)50(43(133-68)31-126-142(106,107)137-49-41(6)131-72(55(49)121-20-14-115-8)96-35-83-47-63(96)87-73(82)88-66(47)100)138-143(108,109)127-32-44-51(57(123-22-16-117-10)69(134-44)92-26-37(2)61(80)85-75(92)102)139-144(110,111)128-33-45-52(58(124-23-17-118-11)70(135-45)93-27-38(3)62(81)86-76(93)103)140-146(113,148)130-34-46-53(59(125-24-18-119-12)71(136-46)95-29-40(5)65(99)90-78(95)105)141-145(112,147)129-30-42-48(97)54(120-19-13-114-7)67(132-42)94-28-39(4)64(98)89-77(94)104/h25-29,35,41-46,48-59,67-72,97H,13-24,30-34H2,1-12H3,(H,106,107)(H,108,109)(H,110,111)(H,112,147)(H,113,148)(H2,79,84,101)(H2,80,85,102)(H2,81,86,103)(H,89,98,104)(H,90,99,105)(H3,82,87,88,100)/p-5/t41-,42-,43-,44-,45-,46-,48+,49+,50+,51+,52+,53+,54?,55?,56?,57?,58?,59?,67-,68-,69-,70-,71-,72-,145?,146?/m1/s1. The number of rotatable bonds is 55. The maximum absolute atomic E-state index is 15.5. The van der Waals surface area contributed by atoms with Crippen molar-refractivity contribution >= 4 is 95.6 Å².